The summed E-state index contributed by atoms with van der Waals surface area (Å²) in [7, 11) is 2.01. The normalized spacial score (nSPS) is 18.1. The van der Waals surface area contributed by atoms with Gasteiger partial charge in [-0.05, 0) is 32.4 Å². The number of hydrogen-bond donors (Lipinski definition) is 0. The van der Waals surface area contributed by atoms with E-state index in [1.54, 1.807) is 11.3 Å². The van der Waals surface area contributed by atoms with Crippen LogP contribution in [0.3, 0.4) is 0 Å². The molecule has 1 aromatic carbocycles. The molecule has 0 unspecified atom stereocenters. The van der Waals surface area contributed by atoms with E-state index in [0.29, 0.717) is 12.5 Å². The standard InChI is InChI=1S/C19H25N3OS/c1-15-14-24-19(20-15)17-9-6-10-22(12-17)18(23)13-21(2)11-16-7-4-3-5-8-16/h3-5,7-8,14,17H,6,9-13H2,1-2H3/t17-/m1/s1. The van der Waals surface area contributed by atoms with Crippen LogP contribution in [0.2, 0.25) is 0 Å². The number of piperidine rings is 1. The minimum absolute atomic E-state index is 0.228. The quantitative estimate of drug-likeness (QED) is 0.836. The van der Waals surface area contributed by atoms with Crippen molar-refractivity contribution in [1.82, 2.24) is 14.8 Å². The monoisotopic (exact) mass is 343 g/mol. The molecule has 24 heavy (non-hydrogen) atoms. The fourth-order valence-corrected chi connectivity index (χ4v) is 4.17. The van der Waals surface area contributed by atoms with Gasteiger partial charge in [0.2, 0.25) is 5.91 Å². The molecule has 5 heteroatoms. The second kappa shape index (κ2) is 7.90. The number of carbonyl (C=O) groups is 1. The molecule has 1 aliphatic heterocycles. The van der Waals surface area contributed by atoms with E-state index < -0.39 is 0 Å². The van der Waals surface area contributed by atoms with Crippen LogP contribution in [0.4, 0.5) is 0 Å². The number of carbonyl (C=O) groups excluding carboxylic acids is 1. The van der Waals surface area contributed by atoms with Crippen LogP contribution >= 0.6 is 11.3 Å². The van der Waals surface area contributed by atoms with Crippen LogP contribution in [-0.2, 0) is 11.3 Å². The summed E-state index contributed by atoms with van der Waals surface area (Å²) in [5.41, 5.74) is 2.32. The number of benzene rings is 1. The Labute approximate surface area is 148 Å². The van der Waals surface area contributed by atoms with Crippen LogP contribution in [0.5, 0.6) is 0 Å². The van der Waals surface area contributed by atoms with Crippen molar-refractivity contribution in [2.45, 2.75) is 32.2 Å². The molecule has 1 saturated heterocycles. The third kappa shape index (κ3) is 4.42. The number of aromatic nitrogens is 1. The molecule has 3 rings (SSSR count). The molecule has 1 amide bonds. The highest BCUT2D eigenvalue weighted by Crippen LogP contribution is 2.29. The summed E-state index contributed by atoms with van der Waals surface area (Å²) >= 11 is 1.73. The third-order valence-corrected chi connectivity index (χ3v) is 5.59. The van der Waals surface area contributed by atoms with E-state index in [2.05, 4.69) is 27.4 Å². The minimum atomic E-state index is 0.228. The maximum Gasteiger partial charge on any atom is 0.236 e. The molecule has 128 valence electrons. The van der Waals surface area contributed by atoms with Crippen molar-refractivity contribution in [3.63, 3.8) is 0 Å². The average molecular weight is 343 g/mol. The van der Waals surface area contributed by atoms with E-state index in [1.807, 2.05) is 37.1 Å². The lowest BCUT2D eigenvalue weighted by Gasteiger charge is -2.33. The average Bonchev–Trinajstić information content (AvgIpc) is 3.02. The van der Waals surface area contributed by atoms with Crippen molar-refractivity contribution in [2.24, 2.45) is 0 Å². The molecule has 0 N–H and O–H groups in total. The topological polar surface area (TPSA) is 36.4 Å². The lowest BCUT2D eigenvalue weighted by Crippen LogP contribution is -2.43. The number of nitrogens with zero attached hydrogens (tertiary/aromatic N) is 3. The first-order valence-corrected chi connectivity index (χ1v) is 9.42. The molecule has 0 spiro atoms. The van der Waals surface area contributed by atoms with Gasteiger partial charge in [0.05, 0.1) is 11.6 Å². The number of thiazole rings is 1. The van der Waals surface area contributed by atoms with Crippen LogP contribution in [-0.4, -0.2) is 47.4 Å². The molecule has 0 radical (unpaired) electrons. The van der Waals surface area contributed by atoms with Gasteiger partial charge in [-0.1, -0.05) is 30.3 Å². The Morgan fingerprint density at radius 2 is 2.17 bits per heavy atom. The SMILES string of the molecule is Cc1csc([C@@H]2CCCN(C(=O)CN(C)Cc3ccccc3)C2)n1. The molecule has 1 aromatic heterocycles. The zero-order chi connectivity index (χ0) is 16.9. The summed E-state index contributed by atoms with van der Waals surface area (Å²) in [5.74, 6) is 0.632. The molecule has 4 nitrogen and oxygen atoms in total. The smallest absolute Gasteiger partial charge is 0.236 e. The molecular formula is C19H25N3OS. The first kappa shape index (κ1) is 17.1. The third-order valence-electron chi connectivity index (χ3n) is 4.46. The van der Waals surface area contributed by atoms with Crippen molar-refractivity contribution >= 4 is 17.2 Å². The van der Waals surface area contributed by atoms with Gasteiger partial charge in [-0.3, -0.25) is 9.69 Å². The van der Waals surface area contributed by atoms with Crippen molar-refractivity contribution in [1.29, 1.82) is 0 Å². The maximum atomic E-state index is 12.6. The van der Waals surface area contributed by atoms with Crippen LogP contribution < -0.4 is 0 Å². The fraction of sp³-hybridized carbons (Fsp3) is 0.474. The molecule has 2 heterocycles. The predicted molar refractivity (Wildman–Crippen MR) is 98.2 cm³/mol. The molecule has 2 aromatic rings. The van der Waals surface area contributed by atoms with E-state index in [0.717, 1.165) is 38.2 Å². The van der Waals surface area contributed by atoms with Gasteiger partial charge < -0.3 is 4.90 Å². The maximum absolute atomic E-state index is 12.6. The van der Waals surface area contributed by atoms with Gasteiger partial charge in [-0.2, -0.15) is 0 Å². The fourth-order valence-electron chi connectivity index (χ4n) is 3.25. The van der Waals surface area contributed by atoms with Crippen LogP contribution in [0.1, 0.15) is 35.0 Å². The van der Waals surface area contributed by atoms with Gasteiger partial charge in [0.25, 0.3) is 0 Å². The highest BCUT2D eigenvalue weighted by molar-refractivity contribution is 7.09. The number of aryl methyl sites for hydroxylation is 1. The Bertz CT molecular complexity index is 670. The molecule has 1 atom stereocenters. The van der Waals surface area contributed by atoms with E-state index in [9.17, 15) is 4.79 Å². The molecule has 0 saturated carbocycles. The predicted octanol–water partition coefficient (Wildman–Crippen LogP) is 3.29. The van der Waals surface area contributed by atoms with Gasteiger partial charge in [-0.25, -0.2) is 4.98 Å². The van der Waals surface area contributed by atoms with Crippen molar-refractivity contribution in [2.75, 3.05) is 26.7 Å². The molecule has 1 aliphatic rings. The van der Waals surface area contributed by atoms with E-state index >= 15 is 0 Å². The lowest BCUT2D eigenvalue weighted by atomic mass is 9.98. The zero-order valence-electron chi connectivity index (χ0n) is 14.4. The number of likely N-dealkylation sites (N-methyl/N-ethyl adjacent to an activating group) is 1. The summed E-state index contributed by atoms with van der Waals surface area (Å²) < 4.78 is 0. The Balaban J connectivity index is 1.54. The van der Waals surface area contributed by atoms with E-state index in [4.69, 9.17) is 0 Å². The largest absolute Gasteiger partial charge is 0.341 e. The van der Waals surface area contributed by atoms with Gasteiger partial charge in [0, 0.05) is 36.6 Å². The van der Waals surface area contributed by atoms with Gasteiger partial charge in [0.1, 0.15) is 0 Å². The Kier molecular flexibility index (Phi) is 5.63. The van der Waals surface area contributed by atoms with Crippen molar-refractivity contribution in [3.05, 3.63) is 52.0 Å². The molecule has 0 bridgehead atoms. The lowest BCUT2D eigenvalue weighted by molar-refractivity contribution is -0.133. The molecule has 0 aliphatic carbocycles. The molecular weight excluding hydrogens is 318 g/mol. The number of amides is 1. The second-order valence-electron chi connectivity index (χ2n) is 6.66. The Hall–Kier alpha value is -1.72. The van der Waals surface area contributed by atoms with Gasteiger partial charge >= 0.3 is 0 Å². The summed E-state index contributed by atoms with van der Waals surface area (Å²) in [4.78, 5) is 21.4. The van der Waals surface area contributed by atoms with Crippen LogP contribution in [0, 0.1) is 6.92 Å². The summed E-state index contributed by atoms with van der Waals surface area (Å²) in [6.07, 6.45) is 2.20. The van der Waals surface area contributed by atoms with E-state index in [1.165, 1.54) is 10.6 Å². The van der Waals surface area contributed by atoms with Crippen molar-refractivity contribution < 1.29 is 4.79 Å². The summed E-state index contributed by atoms with van der Waals surface area (Å²) in [6, 6.07) is 10.3. The molecule has 1 fully saturated rings. The minimum Gasteiger partial charge on any atom is -0.341 e. The van der Waals surface area contributed by atoms with Gasteiger partial charge in [0.15, 0.2) is 0 Å². The summed E-state index contributed by atoms with van der Waals surface area (Å²) in [5, 5.41) is 3.28. The Morgan fingerprint density at radius 3 is 2.88 bits per heavy atom. The van der Waals surface area contributed by atoms with Gasteiger partial charge in [-0.15, -0.1) is 11.3 Å². The number of likely N-dealkylation sites (tertiary alicyclic amines) is 1. The highest BCUT2D eigenvalue weighted by atomic mass is 32.1. The first-order chi connectivity index (χ1) is 11.6. The zero-order valence-corrected chi connectivity index (χ0v) is 15.3. The summed E-state index contributed by atoms with van der Waals surface area (Å²) in [6.45, 7) is 4.99. The number of hydrogen-bond acceptors (Lipinski definition) is 4. The highest BCUT2D eigenvalue weighted by Gasteiger charge is 2.26. The van der Waals surface area contributed by atoms with Crippen LogP contribution in [0.15, 0.2) is 35.7 Å². The second-order valence-corrected chi connectivity index (χ2v) is 7.55. The van der Waals surface area contributed by atoms with Crippen LogP contribution in [0.25, 0.3) is 0 Å². The first-order valence-electron chi connectivity index (χ1n) is 8.54. The van der Waals surface area contributed by atoms with E-state index in [-0.39, 0.29) is 5.91 Å². The van der Waals surface area contributed by atoms with Crippen molar-refractivity contribution in [3.8, 4) is 0 Å². The number of rotatable bonds is 5. The Morgan fingerprint density at radius 1 is 1.38 bits per heavy atom.